The van der Waals surface area contributed by atoms with Crippen molar-refractivity contribution in [2.45, 2.75) is 19.4 Å². The van der Waals surface area contributed by atoms with Crippen LogP contribution in [0.25, 0.3) is 0 Å². The van der Waals surface area contributed by atoms with Gasteiger partial charge in [0.1, 0.15) is 0 Å². The van der Waals surface area contributed by atoms with Crippen molar-refractivity contribution in [2.24, 2.45) is 5.73 Å². The van der Waals surface area contributed by atoms with E-state index in [2.05, 4.69) is 4.74 Å². The summed E-state index contributed by atoms with van der Waals surface area (Å²) < 4.78 is 30.1. The van der Waals surface area contributed by atoms with Crippen molar-refractivity contribution in [1.29, 1.82) is 5.26 Å². The highest BCUT2D eigenvalue weighted by molar-refractivity contribution is 5.73. The second kappa shape index (κ2) is 6.07. The van der Waals surface area contributed by atoms with Gasteiger partial charge in [0, 0.05) is 12.1 Å². The molecule has 0 bridgehead atoms. The quantitative estimate of drug-likeness (QED) is 0.829. The predicted molar refractivity (Wildman–Crippen MR) is 59.7 cm³/mol. The van der Waals surface area contributed by atoms with Crippen LogP contribution in [-0.2, 0) is 22.5 Å². The number of halogens is 2. The van der Waals surface area contributed by atoms with Gasteiger partial charge < -0.3 is 10.5 Å². The normalized spacial score (nSPS) is 10.2. The number of carbonyl (C=O) groups is 1. The molecule has 1 aromatic rings. The first-order valence-corrected chi connectivity index (χ1v) is 5.14. The van der Waals surface area contributed by atoms with Crippen molar-refractivity contribution in [3.8, 4) is 6.07 Å². The Morgan fingerprint density at radius 2 is 2.17 bits per heavy atom. The Hall–Kier alpha value is -2.00. The van der Waals surface area contributed by atoms with Crippen LogP contribution in [0.5, 0.6) is 0 Å². The van der Waals surface area contributed by atoms with E-state index in [1.807, 2.05) is 6.07 Å². The van der Waals surface area contributed by atoms with Gasteiger partial charge in [-0.2, -0.15) is 5.26 Å². The van der Waals surface area contributed by atoms with Crippen molar-refractivity contribution in [1.82, 2.24) is 0 Å². The third kappa shape index (κ3) is 3.02. The molecule has 0 unspecified atom stereocenters. The summed E-state index contributed by atoms with van der Waals surface area (Å²) in [5.74, 6) is -0.638. The summed E-state index contributed by atoms with van der Waals surface area (Å²) in [6.07, 6.45) is -3.03. The van der Waals surface area contributed by atoms with Gasteiger partial charge in [0.15, 0.2) is 0 Å². The van der Waals surface area contributed by atoms with E-state index in [9.17, 15) is 13.6 Å². The predicted octanol–water partition coefficient (Wildman–Crippen LogP) is 1.67. The average Bonchev–Trinajstić information content (AvgIpc) is 2.37. The molecule has 0 amide bonds. The van der Waals surface area contributed by atoms with Crippen LogP contribution in [0.3, 0.4) is 0 Å². The van der Waals surface area contributed by atoms with Crippen LogP contribution < -0.4 is 5.73 Å². The summed E-state index contributed by atoms with van der Waals surface area (Å²) >= 11 is 0. The Balaban J connectivity index is 3.30. The fraction of sp³-hybridized carbons (Fsp3) is 0.333. The zero-order valence-corrected chi connectivity index (χ0v) is 9.74. The molecule has 0 spiro atoms. The summed E-state index contributed by atoms with van der Waals surface area (Å²) in [5.41, 5.74) is 5.71. The van der Waals surface area contributed by atoms with Crippen molar-refractivity contribution in [3.05, 3.63) is 34.4 Å². The number of nitriles is 1. The lowest BCUT2D eigenvalue weighted by molar-refractivity contribution is -0.139. The van der Waals surface area contributed by atoms with E-state index in [0.29, 0.717) is 5.56 Å². The number of esters is 1. The van der Waals surface area contributed by atoms with Crippen LogP contribution in [0.15, 0.2) is 12.1 Å². The minimum atomic E-state index is -2.73. The Labute approximate surface area is 103 Å². The van der Waals surface area contributed by atoms with E-state index in [1.54, 1.807) is 0 Å². The van der Waals surface area contributed by atoms with Crippen LogP contribution in [0.2, 0.25) is 0 Å². The van der Waals surface area contributed by atoms with Crippen LogP contribution in [-0.4, -0.2) is 13.1 Å². The molecular weight excluding hydrogens is 242 g/mol. The number of ether oxygens (including phenoxy) is 1. The number of rotatable bonds is 4. The standard InChI is InChI=1S/C12H12F2N2O2/c1-18-11(17)4-7-2-8(5-15)9(6-16)3-10(7)12(13)14/h2-3,12H,4,6,16H2,1H3. The van der Waals surface area contributed by atoms with Gasteiger partial charge in [-0.1, -0.05) is 0 Å². The Morgan fingerprint density at radius 3 is 2.61 bits per heavy atom. The molecule has 0 atom stereocenters. The van der Waals surface area contributed by atoms with E-state index in [4.69, 9.17) is 11.0 Å². The maximum Gasteiger partial charge on any atom is 0.309 e. The molecule has 1 aromatic carbocycles. The van der Waals surface area contributed by atoms with Gasteiger partial charge in [0.25, 0.3) is 6.43 Å². The number of alkyl halides is 2. The van der Waals surface area contributed by atoms with Crippen molar-refractivity contribution in [2.75, 3.05) is 7.11 Å². The molecule has 0 aromatic heterocycles. The molecule has 0 heterocycles. The third-order valence-corrected chi connectivity index (χ3v) is 2.50. The smallest absolute Gasteiger partial charge is 0.309 e. The molecular formula is C12H12F2N2O2. The highest BCUT2D eigenvalue weighted by Crippen LogP contribution is 2.27. The van der Waals surface area contributed by atoms with E-state index in [-0.39, 0.29) is 29.7 Å². The lowest BCUT2D eigenvalue weighted by Gasteiger charge is -2.11. The molecule has 0 saturated carbocycles. The number of nitrogens with two attached hydrogens (primary N) is 1. The van der Waals surface area contributed by atoms with Gasteiger partial charge in [0.05, 0.1) is 25.2 Å². The lowest BCUT2D eigenvalue weighted by Crippen LogP contribution is -2.10. The molecule has 0 radical (unpaired) electrons. The Kier molecular flexibility index (Phi) is 4.75. The number of hydrogen-bond acceptors (Lipinski definition) is 4. The molecule has 1 rings (SSSR count). The molecule has 2 N–H and O–H groups in total. The summed E-state index contributed by atoms with van der Waals surface area (Å²) in [4.78, 5) is 11.1. The molecule has 0 aliphatic heterocycles. The summed E-state index contributed by atoms with van der Waals surface area (Å²) in [7, 11) is 1.17. The minimum Gasteiger partial charge on any atom is -0.469 e. The molecule has 0 aliphatic carbocycles. The zero-order valence-electron chi connectivity index (χ0n) is 9.74. The van der Waals surface area contributed by atoms with Gasteiger partial charge in [-0.05, 0) is 23.3 Å². The monoisotopic (exact) mass is 254 g/mol. The Bertz CT molecular complexity index is 496. The highest BCUT2D eigenvalue weighted by atomic mass is 19.3. The van der Waals surface area contributed by atoms with Crippen LogP contribution in [0.4, 0.5) is 8.78 Å². The van der Waals surface area contributed by atoms with Crippen LogP contribution >= 0.6 is 0 Å². The van der Waals surface area contributed by atoms with Gasteiger partial charge in [0.2, 0.25) is 0 Å². The first-order chi connectivity index (χ1) is 8.53. The second-order valence-corrected chi connectivity index (χ2v) is 3.58. The van der Waals surface area contributed by atoms with Crippen LogP contribution in [0.1, 0.15) is 28.7 Å². The average molecular weight is 254 g/mol. The maximum atomic E-state index is 12.9. The maximum absolute atomic E-state index is 12.9. The largest absolute Gasteiger partial charge is 0.469 e. The SMILES string of the molecule is COC(=O)Cc1cc(C#N)c(CN)cc1C(F)F. The minimum absolute atomic E-state index is 0.0128. The van der Waals surface area contributed by atoms with Crippen molar-refractivity contribution in [3.63, 3.8) is 0 Å². The first kappa shape index (κ1) is 14.1. The lowest BCUT2D eigenvalue weighted by atomic mass is 9.97. The van der Waals surface area contributed by atoms with E-state index in [0.717, 1.165) is 0 Å². The zero-order chi connectivity index (χ0) is 13.7. The van der Waals surface area contributed by atoms with Gasteiger partial charge in [-0.25, -0.2) is 8.78 Å². The summed E-state index contributed by atoms with van der Waals surface area (Å²) in [5, 5.41) is 8.89. The van der Waals surface area contributed by atoms with E-state index < -0.39 is 12.4 Å². The van der Waals surface area contributed by atoms with E-state index in [1.165, 1.54) is 19.2 Å². The fourth-order valence-electron chi connectivity index (χ4n) is 1.57. The number of benzene rings is 1. The van der Waals surface area contributed by atoms with Gasteiger partial charge in [-0.3, -0.25) is 4.79 Å². The fourth-order valence-corrected chi connectivity index (χ4v) is 1.57. The van der Waals surface area contributed by atoms with Gasteiger partial charge >= 0.3 is 5.97 Å². The molecule has 0 aliphatic rings. The second-order valence-electron chi connectivity index (χ2n) is 3.58. The number of nitrogens with zero attached hydrogens (tertiary/aromatic N) is 1. The first-order valence-electron chi connectivity index (χ1n) is 5.14. The molecule has 0 fully saturated rings. The number of hydrogen-bond donors (Lipinski definition) is 1. The Morgan fingerprint density at radius 1 is 1.50 bits per heavy atom. The van der Waals surface area contributed by atoms with Crippen molar-refractivity contribution < 1.29 is 18.3 Å². The summed E-state index contributed by atoms with van der Waals surface area (Å²) in [6, 6.07) is 4.30. The molecule has 4 nitrogen and oxygen atoms in total. The number of methoxy groups -OCH3 is 1. The van der Waals surface area contributed by atoms with E-state index >= 15 is 0 Å². The molecule has 6 heteroatoms. The third-order valence-electron chi connectivity index (χ3n) is 2.50. The number of carbonyl (C=O) groups excluding carboxylic acids is 1. The molecule has 0 saturated heterocycles. The molecule has 18 heavy (non-hydrogen) atoms. The highest BCUT2D eigenvalue weighted by Gasteiger charge is 2.18. The molecule has 96 valence electrons. The van der Waals surface area contributed by atoms with Gasteiger partial charge in [-0.15, -0.1) is 0 Å². The summed E-state index contributed by atoms with van der Waals surface area (Å²) in [6.45, 7) is -0.0128. The van der Waals surface area contributed by atoms with Crippen molar-refractivity contribution >= 4 is 5.97 Å². The van der Waals surface area contributed by atoms with Crippen LogP contribution in [0, 0.1) is 11.3 Å². The topological polar surface area (TPSA) is 76.1 Å².